The molecular formula is C13H9BrClN3O3. The van der Waals surface area contributed by atoms with E-state index in [4.69, 9.17) is 11.6 Å². The van der Waals surface area contributed by atoms with Gasteiger partial charge < -0.3 is 5.32 Å². The number of anilines is 1. The predicted molar refractivity (Wildman–Crippen MR) is 82.7 cm³/mol. The van der Waals surface area contributed by atoms with Crippen LogP contribution in [0.1, 0.15) is 15.9 Å². The maximum Gasteiger partial charge on any atom is 0.311 e. The van der Waals surface area contributed by atoms with Gasteiger partial charge >= 0.3 is 5.69 Å². The van der Waals surface area contributed by atoms with Gasteiger partial charge in [0.05, 0.1) is 10.5 Å². The number of nitrogens with one attached hydrogen (secondary N) is 1. The van der Waals surface area contributed by atoms with Crippen molar-refractivity contribution in [3.63, 3.8) is 0 Å². The van der Waals surface area contributed by atoms with Gasteiger partial charge in [0.25, 0.3) is 5.91 Å². The highest BCUT2D eigenvalue weighted by Crippen LogP contribution is 2.26. The van der Waals surface area contributed by atoms with Crippen LogP contribution < -0.4 is 5.32 Å². The van der Waals surface area contributed by atoms with Gasteiger partial charge in [-0.25, -0.2) is 4.98 Å². The minimum atomic E-state index is -0.635. The number of hydrogen-bond donors (Lipinski definition) is 1. The summed E-state index contributed by atoms with van der Waals surface area (Å²) in [6.45, 7) is 1.84. The first kappa shape index (κ1) is 15.4. The lowest BCUT2D eigenvalue weighted by Crippen LogP contribution is -2.15. The van der Waals surface area contributed by atoms with Crippen molar-refractivity contribution in [2.75, 3.05) is 5.32 Å². The van der Waals surface area contributed by atoms with Crippen LogP contribution in [-0.2, 0) is 0 Å². The van der Waals surface area contributed by atoms with E-state index in [1.807, 2.05) is 13.0 Å². The van der Waals surface area contributed by atoms with Crippen LogP contribution in [0, 0.1) is 17.0 Å². The van der Waals surface area contributed by atoms with Gasteiger partial charge in [-0.1, -0.05) is 23.2 Å². The Morgan fingerprint density at radius 2 is 2.10 bits per heavy atom. The van der Waals surface area contributed by atoms with Crippen molar-refractivity contribution >= 4 is 44.9 Å². The summed E-state index contributed by atoms with van der Waals surface area (Å²) in [5.74, 6) is -0.700. The van der Waals surface area contributed by atoms with E-state index in [1.165, 1.54) is 12.1 Å². The first-order valence-electron chi connectivity index (χ1n) is 5.77. The Balaban J connectivity index is 2.38. The first-order chi connectivity index (χ1) is 9.88. The predicted octanol–water partition coefficient (Wildman–Crippen LogP) is 3.97. The van der Waals surface area contributed by atoms with Crippen molar-refractivity contribution in [2.45, 2.75) is 6.92 Å². The minimum Gasteiger partial charge on any atom is -0.301 e. The second kappa shape index (κ2) is 6.19. The second-order valence-corrected chi connectivity index (χ2v) is 5.44. The van der Waals surface area contributed by atoms with Crippen LogP contribution in [0.3, 0.4) is 0 Å². The van der Waals surface area contributed by atoms with Gasteiger partial charge in [-0.3, -0.25) is 14.9 Å². The monoisotopic (exact) mass is 369 g/mol. The zero-order chi connectivity index (χ0) is 15.6. The largest absolute Gasteiger partial charge is 0.311 e. The molecule has 6 nitrogen and oxygen atoms in total. The van der Waals surface area contributed by atoms with Gasteiger partial charge in [-0.15, -0.1) is 0 Å². The maximum absolute atomic E-state index is 12.2. The number of hydrogen-bond acceptors (Lipinski definition) is 4. The zero-order valence-electron chi connectivity index (χ0n) is 10.8. The molecule has 1 aromatic carbocycles. The van der Waals surface area contributed by atoms with Gasteiger partial charge in [0, 0.05) is 10.5 Å². The summed E-state index contributed by atoms with van der Waals surface area (Å²) in [6, 6.07) is 7.70. The average Bonchev–Trinajstić information content (AvgIpc) is 2.41. The molecule has 1 heterocycles. The van der Waals surface area contributed by atoms with E-state index in [1.54, 1.807) is 12.1 Å². The Hall–Kier alpha value is -1.99. The van der Waals surface area contributed by atoms with Crippen LogP contribution in [0.2, 0.25) is 5.15 Å². The number of nitrogens with zero attached hydrogens (tertiary/aromatic N) is 2. The third-order valence-electron chi connectivity index (χ3n) is 2.64. The number of rotatable bonds is 3. The molecule has 0 aliphatic carbocycles. The Morgan fingerprint density at radius 3 is 2.76 bits per heavy atom. The Kier molecular flexibility index (Phi) is 4.54. The molecule has 0 aliphatic heterocycles. The Bertz CT molecular complexity index is 737. The molecule has 0 fully saturated rings. The summed E-state index contributed by atoms with van der Waals surface area (Å²) in [5.41, 5.74) is 0.916. The molecule has 8 heteroatoms. The van der Waals surface area contributed by atoms with Crippen molar-refractivity contribution in [2.24, 2.45) is 0 Å². The summed E-state index contributed by atoms with van der Waals surface area (Å²) in [5, 5.41) is 13.4. The molecule has 0 saturated carbocycles. The van der Waals surface area contributed by atoms with E-state index in [0.717, 1.165) is 5.56 Å². The van der Waals surface area contributed by atoms with E-state index in [9.17, 15) is 14.9 Å². The number of pyridine rings is 1. The van der Waals surface area contributed by atoms with Crippen LogP contribution in [0.25, 0.3) is 0 Å². The number of benzene rings is 1. The van der Waals surface area contributed by atoms with Crippen LogP contribution in [0.4, 0.5) is 11.5 Å². The highest BCUT2D eigenvalue weighted by atomic mass is 79.9. The molecule has 21 heavy (non-hydrogen) atoms. The van der Waals surface area contributed by atoms with E-state index in [0.29, 0.717) is 10.0 Å². The minimum absolute atomic E-state index is 0.0548. The Morgan fingerprint density at radius 1 is 1.38 bits per heavy atom. The quantitative estimate of drug-likeness (QED) is 0.503. The molecule has 0 bridgehead atoms. The summed E-state index contributed by atoms with van der Waals surface area (Å²) >= 11 is 8.98. The summed E-state index contributed by atoms with van der Waals surface area (Å²) in [7, 11) is 0. The molecule has 0 radical (unpaired) electrons. The summed E-state index contributed by atoms with van der Waals surface area (Å²) < 4.78 is 0.579. The van der Waals surface area contributed by atoms with E-state index >= 15 is 0 Å². The number of aryl methyl sites for hydroxylation is 1. The van der Waals surface area contributed by atoms with Crippen molar-refractivity contribution in [3.8, 4) is 0 Å². The fourth-order valence-electron chi connectivity index (χ4n) is 1.66. The Labute approximate surface area is 133 Å². The number of halogens is 2. The third-order valence-corrected chi connectivity index (χ3v) is 3.54. The smallest absolute Gasteiger partial charge is 0.301 e. The number of amides is 1. The van der Waals surface area contributed by atoms with E-state index in [2.05, 4.69) is 26.2 Å². The van der Waals surface area contributed by atoms with E-state index < -0.39 is 10.8 Å². The summed E-state index contributed by atoms with van der Waals surface area (Å²) in [4.78, 5) is 26.3. The number of nitro groups is 1. The second-order valence-electron chi connectivity index (χ2n) is 4.20. The molecule has 1 N–H and O–H groups in total. The topological polar surface area (TPSA) is 85.1 Å². The molecule has 0 saturated heterocycles. The first-order valence-corrected chi connectivity index (χ1v) is 6.94. The fraction of sp³-hybridized carbons (Fsp3) is 0.0769. The lowest BCUT2D eigenvalue weighted by molar-refractivity contribution is -0.384. The van der Waals surface area contributed by atoms with Crippen LogP contribution >= 0.6 is 27.5 Å². The lowest BCUT2D eigenvalue weighted by atomic mass is 10.1. The lowest BCUT2D eigenvalue weighted by Gasteiger charge is -2.07. The zero-order valence-corrected chi connectivity index (χ0v) is 13.1. The number of carbonyl (C=O) groups excluding carboxylic acids is 1. The normalized spacial score (nSPS) is 10.2. The van der Waals surface area contributed by atoms with Gasteiger partial charge in [0.2, 0.25) is 5.82 Å². The van der Waals surface area contributed by atoms with Crippen LogP contribution in [-0.4, -0.2) is 15.8 Å². The van der Waals surface area contributed by atoms with Crippen molar-refractivity contribution < 1.29 is 9.72 Å². The molecule has 2 aromatic rings. The molecule has 1 aromatic heterocycles. The highest BCUT2D eigenvalue weighted by Gasteiger charge is 2.19. The maximum atomic E-state index is 12.2. The van der Waals surface area contributed by atoms with Gasteiger partial charge in [-0.2, -0.15) is 0 Å². The molecule has 2 rings (SSSR count). The van der Waals surface area contributed by atoms with Crippen LogP contribution in [0.5, 0.6) is 0 Å². The molecular weight excluding hydrogens is 362 g/mol. The number of aromatic nitrogens is 1. The molecule has 1 amide bonds. The molecule has 0 aliphatic rings. The molecule has 0 atom stereocenters. The third kappa shape index (κ3) is 3.56. The van der Waals surface area contributed by atoms with Crippen LogP contribution in [0.15, 0.2) is 34.8 Å². The van der Waals surface area contributed by atoms with Crippen molar-refractivity contribution in [1.82, 2.24) is 4.98 Å². The molecule has 0 spiro atoms. The number of carbonyl (C=O) groups is 1. The van der Waals surface area contributed by atoms with Gasteiger partial charge in [-0.05, 0) is 41.1 Å². The van der Waals surface area contributed by atoms with Crippen molar-refractivity contribution in [3.05, 3.63) is 61.2 Å². The molecule has 108 valence electrons. The average molecular weight is 371 g/mol. The summed E-state index contributed by atoms with van der Waals surface area (Å²) in [6.07, 6.45) is 0. The van der Waals surface area contributed by atoms with Crippen molar-refractivity contribution in [1.29, 1.82) is 0 Å². The standard InChI is InChI=1S/C13H9BrClN3O3/c1-7-2-3-9(14)8(6-7)13(19)17-12-10(18(20)21)4-5-11(15)16-12/h2-6H,1H3,(H,16,17,19). The van der Waals surface area contributed by atoms with Gasteiger partial charge in [0.15, 0.2) is 0 Å². The molecule has 0 unspecified atom stereocenters. The SMILES string of the molecule is Cc1ccc(Br)c(C(=O)Nc2nc(Cl)ccc2[N+](=O)[O-])c1. The highest BCUT2D eigenvalue weighted by molar-refractivity contribution is 9.10. The fourth-order valence-corrected chi connectivity index (χ4v) is 2.23. The van der Waals surface area contributed by atoms with Gasteiger partial charge in [0.1, 0.15) is 5.15 Å². The van der Waals surface area contributed by atoms with E-state index in [-0.39, 0.29) is 16.7 Å².